The van der Waals surface area contributed by atoms with Crippen molar-refractivity contribution >= 4 is 34.5 Å². The number of thioether (sulfide) groups is 1. The van der Waals surface area contributed by atoms with Crippen LogP contribution in [0.1, 0.15) is 12.5 Å². The molecule has 16 nitrogen and oxygen atoms in total. The molecule has 8 N–H and O–H groups in total. The molecule has 1 aromatic heterocycles. The first-order chi connectivity index (χ1) is 21.5. The van der Waals surface area contributed by atoms with Gasteiger partial charge in [0.05, 0.1) is 19.3 Å². The second-order valence-corrected chi connectivity index (χ2v) is 12.1. The smallest absolute Gasteiger partial charge is 0.336 e. The van der Waals surface area contributed by atoms with Crippen LogP contribution in [0.25, 0.3) is 11.0 Å². The number of amides is 2. The molecule has 3 aliphatic rings. The highest BCUT2D eigenvalue weighted by molar-refractivity contribution is 7.99. The van der Waals surface area contributed by atoms with Gasteiger partial charge in [0.2, 0.25) is 18.1 Å². The molecule has 0 saturated carbocycles. The van der Waals surface area contributed by atoms with Gasteiger partial charge < -0.3 is 59.5 Å². The second kappa shape index (κ2) is 14.3. The summed E-state index contributed by atoms with van der Waals surface area (Å²) in [6.45, 7) is 1.51. The minimum atomic E-state index is -1.63. The van der Waals surface area contributed by atoms with E-state index < -0.39 is 98.0 Å². The van der Waals surface area contributed by atoms with Crippen LogP contribution in [0.4, 0.5) is 0 Å². The summed E-state index contributed by atoms with van der Waals surface area (Å²) in [5.74, 6) is 0.132. The monoisotopic (exact) mass is 655 g/mol. The lowest BCUT2D eigenvalue weighted by Gasteiger charge is -2.48. The Bertz CT molecular complexity index is 1420. The number of aliphatic hydroxyl groups excluding tert-OH is 5. The average molecular weight is 656 g/mol. The lowest BCUT2D eigenvalue weighted by molar-refractivity contribution is -0.325. The molecule has 3 saturated heterocycles. The van der Waals surface area contributed by atoms with Crippen LogP contribution in [-0.2, 0) is 23.8 Å². The van der Waals surface area contributed by atoms with Crippen molar-refractivity contribution in [3.63, 3.8) is 0 Å². The maximum Gasteiger partial charge on any atom is 0.336 e. The number of benzene rings is 1. The van der Waals surface area contributed by atoms with Crippen LogP contribution in [0.3, 0.4) is 0 Å². The highest BCUT2D eigenvalue weighted by Crippen LogP contribution is 2.32. The molecule has 4 heterocycles. The van der Waals surface area contributed by atoms with E-state index in [2.05, 4.69) is 16.0 Å². The topological polar surface area (TPSA) is 239 Å². The molecule has 45 heavy (non-hydrogen) atoms. The van der Waals surface area contributed by atoms with Crippen molar-refractivity contribution in [1.29, 1.82) is 0 Å². The van der Waals surface area contributed by atoms with Crippen LogP contribution >= 0.6 is 11.8 Å². The zero-order valence-electron chi connectivity index (χ0n) is 24.4. The standard InChI is InChI=1S/C28H37N3O13S/c1-11-5-19(35)41-16-6-13(3-4-14(11)16)40-27-21(31-26(39)15-9-45-10-29-15)24(38)25(18(8-33)43-27)44-28-20(30-12(2)34)23(37)22(36)17(7-32)42-28/h3-6,15,17-18,20-25,27-29,32-33,36-38H,7-10H2,1-2H3,(H,30,34)(H,31,39)/t15-,17+,18+,20+,21+,22+,23+,24+,25+,27?,28-/m0/s1. The average Bonchev–Trinajstić information content (AvgIpc) is 3.54. The van der Waals surface area contributed by atoms with Gasteiger partial charge in [-0.25, -0.2) is 4.79 Å². The highest BCUT2D eigenvalue weighted by Gasteiger charge is 2.52. The van der Waals surface area contributed by atoms with E-state index in [0.717, 1.165) is 0 Å². The van der Waals surface area contributed by atoms with Gasteiger partial charge >= 0.3 is 5.63 Å². The summed E-state index contributed by atoms with van der Waals surface area (Å²) in [5.41, 5.74) is 0.366. The molecular weight excluding hydrogens is 618 g/mol. The first kappa shape index (κ1) is 33.5. The first-order valence-electron chi connectivity index (χ1n) is 14.3. The zero-order valence-corrected chi connectivity index (χ0v) is 25.2. The van der Waals surface area contributed by atoms with Crippen LogP contribution < -0.4 is 26.3 Å². The van der Waals surface area contributed by atoms with Gasteiger partial charge in [0, 0.05) is 36.1 Å². The van der Waals surface area contributed by atoms with Gasteiger partial charge in [-0.2, -0.15) is 0 Å². The first-order valence-corrected chi connectivity index (χ1v) is 15.5. The predicted octanol–water partition coefficient (Wildman–Crippen LogP) is -2.97. The molecule has 1 aromatic carbocycles. The Morgan fingerprint density at radius 1 is 1.00 bits per heavy atom. The van der Waals surface area contributed by atoms with Gasteiger partial charge in [-0.15, -0.1) is 11.8 Å². The number of fused-ring (bicyclic) bond motifs is 1. The number of aliphatic hydroxyl groups is 5. The van der Waals surface area contributed by atoms with Gasteiger partial charge in [-0.1, -0.05) is 0 Å². The third kappa shape index (κ3) is 7.27. The molecule has 5 rings (SSSR count). The summed E-state index contributed by atoms with van der Waals surface area (Å²) in [7, 11) is 0. The summed E-state index contributed by atoms with van der Waals surface area (Å²) >= 11 is 1.51. The van der Waals surface area contributed by atoms with Crippen molar-refractivity contribution in [2.24, 2.45) is 0 Å². The molecule has 0 aliphatic carbocycles. The number of aryl methyl sites for hydroxylation is 1. The Hall–Kier alpha value is -2.84. The quantitative estimate of drug-likeness (QED) is 0.126. The minimum Gasteiger partial charge on any atom is -0.462 e. The fourth-order valence-corrected chi connectivity index (χ4v) is 6.51. The summed E-state index contributed by atoms with van der Waals surface area (Å²) in [6.07, 6.45) is -11.8. The van der Waals surface area contributed by atoms with Gasteiger partial charge in [0.25, 0.3) is 0 Å². The summed E-state index contributed by atoms with van der Waals surface area (Å²) in [5, 5.41) is 61.5. The van der Waals surface area contributed by atoms with E-state index in [4.69, 9.17) is 23.4 Å². The lowest BCUT2D eigenvalue weighted by atomic mass is 9.94. The minimum absolute atomic E-state index is 0.169. The molecular formula is C28H37N3O13S. The van der Waals surface area contributed by atoms with Gasteiger partial charge in [0.15, 0.2) is 6.29 Å². The van der Waals surface area contributed by atoms with E-state index in [-0.39, 0.29) is 11.3 Å². The van der Waals surface area contributed by atoms with Gasteiger partial charge in [0.1, 0.15) is 60.0 Å². The number of carbonyl (C=O) groups is 2. The Labute approximate surface area is 261 Å². The lowest BCUT2D eigenvalue weighted by Crippen LogP contribution is -2.70. The molecule has 0 spiro atoms. The van der Waals surface area contributed by atoms with Crippen LogP contribution in [0, 0.1) is 6.92 Å². The van der Waals surface area contributed by atoms with Crippen molar-refractivity contribution in [2.75, 3.05) is 24.8 Å². The van der Waals surface area contributed by atoms with Crippen LogP contribution in [0.15, 0.2) is 33.5 Å². The number of rotatable bonds is 9. The molecule has 0 bridgehead atoms. The zero-order chi connectivity index (χ0) is 32.4. The number of nitrogens with one attached hydrogen (secondary N) is 3. The van der Waals surface area contributed by atoms with E-state index in [1.165, 1.54) is 30.8 Å². The molecule has 2 amide bonds. The Morgan fingerprint density at radius 2 is 1.71 bits per heavy atom. The summed E-state index contributed by atoms with van der Waals surface area (Å²) < 4.78 is 29.0. The Balaban J connectivity index is 1.44. The van der Waals surface area contributed by atoms with Crippen molar-refractivity contribution in [3.05, 3.63) is 40.2 Å². The SMILES string of the molecule is CC(=O)N[C@H]1[C@H](O[C@H]2[C@H](O)[C@@H](NC(=O)[C@@H]3CSCN3)C(Oc3ccc4c(C)cc(=O)oc4c3)O[C@@H]2CO)O[C@H](CO)[C@@H](O)[C@@H]1O. The second-order valence-electron chi connectivity index (χ2n) is 11.1. The third-order valence-corrected chi connectivity index (χ3v) is 8.85. The van der Waals surface area contributed by atoms with Crippen molar-refractivity contribution in [3.8, 4) is 5.75 Å². The third-order valence-electron chi connectivity index (χ3n) is 7.91. The molecule has 248 valence electrons. The molecule has 3 aliphatic heterocycles. The van der Waals surface area contributed by atoms with Crippen LogP contribution in [0.5, 0.6) is 5.75 Å². The summed E-state index contributed by atoms with van der Waals surface area (Å²) in [6, 6.07) is 2.85. The molecule has 1 unspecified atom stereocenters. The fourth-order valence-electron chi connectivity index (χ4n) is 5.57. The molecule has 17 heteroatoms. The Morgan fingerprint density at radius 3 is 2.38 bits per heavy atom. The number of ether oxygens (including phenoxy) is 4. The van der Waals surface area contributed by atoms with Crippen molar-refractivity contribution < 1.29 is 58.5 Å². The number of carbonyl (C=O) groups excluding carboxylic acids is 2. The molecule has 3 fully saturated rings. The van der Waals surface area contributed by atoms with Crippen molar-refractivity contribution in [1.82, 2.24) is 16.0 Å². The van der Waals surface area contributed by atoms with E-state index in [1.807, 2.05) is 0 Å². The van der Waals surface area contributed by atoms with Crippen LogP contribution in [0.2, 0.25) is 0 Å². The fraction of sp³-hybridized carbons (Fsp3) is 0.607. The van der Waals surface area contributed by atoms with Gasteiger partial charge in [-0.05, 0) is 24.6 Å². The van der Waals surface area contributed by atoms with Crippen LogP contribution in [-0.4, -0.2) is 130 Å². The number of hydrogen-bond acceptors (Lipinski definition) is 15. The molecule has 0 radical (unpaired) electrons. The largest absolute Gasteiger partial charge is 0.462 e. The van der Waals surface area contributed by atoms with E-state index in [1.54, 1.807) is 19.1 Å². The maximum atomic E-state index is 13.2. The summed E-state index contributed by atoms with van der Waals surface area (Å²) in [4.78, 5) is 37.0. The van der Waals surface area contributed by atoms with Gasteiger partial charge in [-0.3, -0.25) is 14.9 Å². The van der Waals surface area contributed by atoms with E-state index >= 15 is 0 Å². The predicted molar refractivity (Wildman–Crippen MR) is 156 cm³/mol. The van der Waals surface area contributed by atoms with Crippen molar-refractivity contribution in [2.45, 2.75) is 81.2 Å². The molecule has 11 atom stereocenters. The maximum absolute atomic E-state index is 13.2. The Kier molecular flexibility index (Phi) is 10.6. The normalized spacial score (nSPS) is 35.2. The number of hydrogen-bond donors (Lipinski definition) is 8. The highest BCUT2D eigenvalue weighted by atomic mass is 32.2. The molecule has 2 aromatic rings. The van der Waals surface area contributed by atoms with E-state index in [0.29, 0.717) is 22.6 Å². The van der Waals surface area contributed by atoms with E-state index in [9.17, 15) is 39.9 Å².